The Morgan fingerprint density at radius 1 is 1.15 bits per heavy atom. The molecule has 0 aromatic heterocycles. The summed E-state index contributed by atoms with van der Waals surface area (Å²) in [6, 6.07) is 18.1. The van der Waals surface area contributed by atoms with Gasteiger partial charge >= 0.3 is 0 Å². The molecule has 134 valence electrons. The van der Waals surface area contributed by atoms with Crippen LogP contribution in [0.15, 0.2) is 48.5 Å². The van der Waals surface area contributed by atoms with Crippen LogP contribution >= 0.6 is 0 Å². The zero-order valence-corrected chi connectivity index (χ0v) is 15.2. The third-order valence-electron chi connectivity index (χ3n) is 4.86. The zero-order valence-electron chi connectivity index (χ0n) is 15.2. The maximum Gasteiger partial charge on any atom is 0.279 e. The molecule has 0 bridgehead atoms. The molecule has 1 aliphatic heterocycles. The number of quaternary nitrogens is 1. The summed E-state index contributed by atoms with van der Waals surface area (Å²) in [6.07, 6.45) is 0.392. The number of carbonyl (C=O) groups excluding carboxylic acids is 1. The lowest BCUT2D eigenvalue weighted by atomic mass is 10.1. The van der Waals surface area contributed by atoms with Crippen LogP contribution in [-0.2, 0) is 11.2 Å². The van der Waals surface area contributed by atoms with E-state index in [9.17, 15) is 4.79 Å². The molecule has 5 nitrogen and oxygen atoms in total. The van der Waals surface area contributed by atoms with E-state index in [0.29, 0.717) is 13.0 Å². The minimum Gasteiger partial charge on any atom is -0.360 e. The number of hydrogen-bond donors (Lipinski definition) is 2. The quantitative estimate of drug-likeness (QED) is 0.858. The van der Waals surface area contributed by atoms with Crippen molar-refractivity contribution in [1.29, 1.82) is 5.26 Å². The van der Waals surface area contributed by atoms with Crippen LogP contribution < -0.4 is 15.1 Å². The minimum absolute atomic E-state index is 0.0392. The van der Waals surface area contributed by atoms with E-state index in [1.165, 1.54) is 16.2 Å². The molecule has 1 amide bonds. The molecule has 2 N–H and O–H groups in total. The Morgan fingerprint density at radius 3 is 2.50 bits per heavy atom. The monoisotopic (exact) mass is 349 g/mol. The second-order valence-corrected chi connectivity index (χ2v) is 6.78. The number of aryl methyl sites for hydroxylation is 1. The summed E-state index contributed by atoms with van der Waals surface area (Å²) >= 11 is 0. The van der Waals surface area contributed by atoms with Crippen LogP contribution in [0.1, 0.15) is 11.1 Å². The first-order valence-corrected chi connectivity index (χ1v) is 9.05. The predicted octanol–water partition coefficient (Wildman–Crippen LogP) is 1.40. The Bertz CT molecular complexity index is 786. The van der Waals surface area contributed by atoms with Gasteiger partial charge in [-0.1, -0.05) is 30.3 Å². The van der Waals surface area contributed by atoms with Gasteiger partial charge in [-0.3, -0.25) is 4.79 Å². The molecule has 0 atom stereocenters. The molecule has 0 spiro atoms. The number of nitriles is 1. The maximum absolute atomic E-state index is 12.3. The number of piperazine rings is 1. The largest absolute Gasteiger partial charge is 0.360 e. The van der Waals surface area contributed by atoms with Gasteiger partial charge in [0.15, 0.2) is 6.54 Å². The van der Waals surface area contributed by atoms with Gasteiger partial charge in [-0.2, -0.15) is 5.26 Å². The lowest BCUT2D eigenvalue weighted by molar-refractivity contribution is -0.892. The van der Waals surface area contributed by atoms with Gasteiger partial charge in [0, 0.05) is 11.4 Å². The first-order chi connectivity index (χ1) is 12.7. The molecule has 1 saturated heterocycles. The van der Waals surface area contributed by atoms with E-state index in [4.69, 9.17) is 5.26 Å². The van der Waals surface area contributed by atoms with Gasteiger partial charge in [0.1, 0.15) is 0 Å². The van der Waals surface area contributed by atoms with Crippen molar-refractivity contribution in [2.24, 2.45) is 0 Å². The smallest absolute Gasteiger partial charge is 0.279 e. The summed E-state index contributed by atoms with van der Waals surface area (Å²) in [7, 11) is 0. The third kappa shape index (κ3) is 4.62. The summed E-state index contributed by atoms with van der Waals surface area (Å²) in [5.74, 6) is 0.0392. The number of anilines is 2. The van der Waals surface area contributed by atoms with E-state index in [1.54, 1.807) is 0 Å². The molecule has 3 rings (SSSR count). The Labute approximate surface area is 154 Å². The molecule has 0 aliphatic carbocycles. The van der Waals surface area contributed by atoms with Crippen molar-refractivity contribution in [2.75, 3.05) is 42.9 Å². The van der Waals surface area contributed by atoms with Crippen molar-refractivity contribution >= 4 is 17.3 Å². The van der Waals surface area contributed by atoms with E-state index in [-0.39, 0.29) is 5.91 Å². The number of hydrogen-bond acceptors (Lipinski definition) is 3. The Balaban J connectivity index is 1.47. The van der Waals surface area contributed by atoms with Crippen molar-refractivity contribution in [1.82, 2.24) is 0 Å². The van der Waals surface area contributed by atoms with Crippen LogP contribution in [0.3, 0.4) is 0 Å². The van der Waals surface area contributed by atoms with Crippen LogP contribution in [0.5, 0.6) is 0 Å². The molecule has 1 heterocycles. The number of rotatable bonds is 5. The maximum atomic E-state index is 12.3. The fourth-order valence-corrected chi connectivity index (χ4v) is 3.39. The summed E-state index contributed by atoms with van der Waals surface area (Å²) in [5, 5.41) is 11.7. The zero-order chi connectivity index (χ0) is 18.4. The highest BCUT2D eigenvalue weighted by atomic mass is 16.2. The molecule has 1 aliphatic rings. The molecule has 2 aromatic carbocycles. The molecule has 0 saturated carbocycles. The summed E-state index contributed by atoms with van der Waals surface area (Å²) in [6.45, 7) is 6.49. The van der Waals surface area contributed by atoms with Crippen molar-refractivity contribution in [3.63, 3.8) is 0 Å². The van der Waals surface area contributed by atoms with Crippen molar-refractivity contribution < 1.29 is 9.69 Å². The lowest BCUT2D eigenvalue weighted by Gasteiger charge is -2.34. The van der Waals surface area contributed by atoms with Crippen LogP contribution in [0.25, 0.3) is 0 Å². The average Bonchev–Trinajstić information content (AvgIpc) is 2.65. The minimum atomic E-state index is 0.0392. The molecule has 0 radical (unpaired) electrons. The van der Waals surface area contributed by atoms with E-state index >= 15 is 0 Å². The normalized spacial score (nSPS) is 14.7. The number of nitrogens with one attached hydrogen (secondary N) is 2. The average molecular weight is 349 g/mol. The summed E-state index contributed by atoms with van der Waals surface area (Å²) < 4.78 is 0. The van der Waals surface area contributed by atoms with Gasteiger partial charge in [-0.25, -0.2) is 0 Å². The van der Waals surface area contributed by atoms with Crippen molar-refractivity contribution in [3.05, 3.63) is 59.7 Å². The first-order valence-electron chi connectivity index (χ1n) is 9.05. The summed E-state index contributed by atoms with van der Waals surface area (Å²) in [4.78, 5) is 16.0. The van der Waals surface area contributed by atoms with Gasteiger partial charge < -0.3 is 15.1 Å². The van der Waals surface area contributed by atoms with Gasteiger partial charge in [-0.05, 0) is 36.2 Å². The number of amides is 1. The Hall–Kier alpha value is -2.84. The SMILES string of the molecule is Cc1ccccc1N1CC[NH+](CC(=O)Nc2ccc(CC#N)cc2)CC1. The second-order valence-electron chi connectivity index (χ2n) is 6.78. The van der Waals surface area contributed by atoms with Crippen LogP contribution in [0, 0.1) is 18.3 Å². The molecule has 2 aromatic rings. The van der Waals surface area contributed by atoms with Crippen LogP contribution in [-0.4, -0.2) is 38.6 Å². The third-order valence-corrected chi connectivity index (χ3v) is 4.86. The van der Waals surface area contributed by atoms with E-state index in [2.05, 4.69) is 47.5 Å². The predicted molar refractivity (Wildman–Crippen MR) is 103 cm³/mol. The highest BCUT2D eigenvalue weighted by molar-refractivity contribution is 5.91. The highest BCUT2D eigenvalue weighted by Gasteiger charge is 2.23. The van der Waals surface area contributed by atoms with E-state index < -0.39 is 0 Å². The van der Waals surface area contributed by atoms with Gasteiger partial charge in [0.25, 0.3) is 5.91 Å². The lowest BCUT2D eigenvalue weighted by Crippen LogP contribution is -3.15. The molecule has 26 heavy (non-hydrogen) atoms. The highest BCUT2D eigenvalue weighted by Crippen LogP contribution is 2.18. The van der Waals surface area contributed by atoms with E-state index in [0.717, 1.165) is 37.4 Å². The fourth-order valence-electron chi connectivity index (χ4n) is 3.39. The second kappa shape index (κ2) is 8.50. The fraction of sp³-hybridized carbons (Fsp3) is 0.333. The van der Waals surface area contributed by atoms with Gasteiger partial charge in [0.05, 0.1) is 38.7 Å². The number of nitrogens with zero attached hydrogens (tertiary/aromatic N) is 2. The van der Waals surface area contributed by atoms with E-state index in [1.807, 2.05) is 24.3 Å². The van der Waals surface area contributed by atoms with Gasteiger partial charge in [-0.15, -0.1) is 0 Å². The first kappa shape index (κ1) is 18.0. The molecule has 5 heteroatoms. The van der Waals surface area contributed by atoms with Gasteiger partial charge in [0.2, 0.25) is 0 Å². The Kier molecular flexibility index (Phi) is 5.88. The topological polar surface area (TPSA) is 60.6 Å². The molecular weight excluding hydrogens is 324 g/mol. The van der Waals surface area contributed by atoms with Crippen LogP contribution in [0.4, 0.5) is 11.4 Å². The molecular formula is C21H25N4O+. The van der Waals surface area contributed by atoms with Crippen LogP contribution in [0.2, 0.25) is 0 Å². The van der Waals surface area contributed by atoms with Crippen molar-refractivity contribution in [3.8, 4) is 6.07 Å². The Morgan fingerprint density at radius 2 is 1.85 bits per heavy atom. The number of para-hydroxylation sites is 1. The van der Waals surface area contributed by atoms with Crippen molar-refractivity contribution in [2.45, 2.75) is 13.3 Å². The standard InChI is InChI=1S/C21H24N4O/c1-17-4-2-3-5-20(17)25-14-12-24(13-15-25)16-21(26)23-19-8-6-18(7-9-19)10-11-22/h2-9H,10,12-16H2,1H3,(H,23,26)/p+1. The summed E-state index contributed by atoms with van der Waals surface area (Å²) in [5.41, 5.74) is 4.35. The number of carbonyl (C=O) groups is 1. The number of benzene rings is 2. The molecule has 0 unspecified atom stereocenters. The molecule has 1 fully saturated rings.